The molecule has 0 bridgehead atoms. The predicted molar refractivity (Wildman–Crippen MR) is 90.9 cm³/mol. The second kappa shape index (κ2) is 5.92. The molecule has 3 aromatic rings. The molecule has 0 saturated carbocycles. The van der Waals surface area contributed by atoms with Crippen molar-refractivity contribution in [3.8, 4) is 0 Å². The Balaban J connectivity index is 1.73. The number of carbonyl (C=O) groups is 1. The SMILES string of the molecule is O=C(c1cnc2ccccn2c1=O)N1CCC[C@@H]1c1ccccc1. The zero-order valence-corrected chi connectivity index (χ0v) is 13.1. The molecule has 0 unspecified atom stereocenters. The van der Waals surface area contributed by atoms with E-state index in [1.54, 1.807) is 23.2 Å². The minimum atomic E-state index is -0.315. The third kappa shape index (κ3) is 2.38. The van der Waals surface area contributed by atoms with Crippen LogP contribution in [0.4, 0.5) is 0 Å². The van der Waals surface area contributed by atoms with E-state index < -0.39 is 0 Å². The van der Waals surface area contributed by atoms with E-state index in [1.807, 2.05) is 36.4 Å². The molecule has 120 valence electrons. The predicted octanol–water partition coefficient (Wildman–Crippen LogP) is 2.67. The molecule has 1 aliphatic rings. The highest BCUT2D eigenvalue weighted by Crippen LogP contribution is 2.32. The summed E-state index contributed by atoms with van der Waals surface area (Å²) < 4.78 is 1.42. The third-order valence-electron chi connectivity index (χ3n) is 4.54. The molecule has 5 nitrogen and oxygen atoms in total. The molecule has 24 heavy (non-hydrogen) atoms. The summed E-state index contributed by atoms with van der Waals surface area (Å²) in [7, 11) is 0. The molecule has 1 fully saturated rings. The van der Waals surface area contributed by atoms with Gasteiger partial charge in [-0.3, -0.25) is 14.0 Å². The number of hydrogen-bond acceptors (Lipinski definition) is 3. The van der Waals surface area contributed by atoms with Crippen LogP contribution in [0.3, 0.4) is 0 Å². The standard InChI is InChI=1S/C19H17N3O2/c23-18(15-13-20-17-10-4-5-11-22(17)19(15)24)21-12-6-9-16(21)14-7-2-1-3-8-14/h1-5,7-8,10-11,13,16H,6,9,12H2/t16-/m1/s1. The van der Waals surface area contributed by atoms with Crippen LogP contribution in [-0.4, -0.2) is 26.7 Å². The molecule has 2 aromatic heterocycles. The van der Waals surface area contributed by atoms with Crippen molar-refractivity contribution in [3.63, 3.8) is 0 Å². The number of aromatic nitrogens is 2. The fourth-order valence-corrected chi connectivity index (χ4v) is 3.36. The number of fused-ring (bicyclic) bond motifs is 1. The summed E-state index contributed by atoms with van der Waals surface area (Å²) in [5, 5.41) is 0. The second-order valence-electron chi connectivity index (χ2n) is 5.97. The molecule has 1 aliphatic heterocycles. The fourth-order valence-electron chi connectivity index (χ4n) is 3.36. The molecule has 0 spiro atoms. The molecule has 5 heteroatoms. The first-order valence-electron chi connectivity index (χ1n) is 8.08. The molecular weight excluding hydrogens is 302 g/mol. The lowest BCUT2D eigenvalue weighted by atomic mass is 10.0. The molecule has 0 aliphatic carbocycles. The monoisotopic (exact) mass is 319 g/mol. The molecular formula is C19H17N3O2. The van der Waals surface area contributed by atoms with Crippen LogP contribution in [-0.2, 0) is 0 Å². The summed E-state index contributed by atoms with van der Waals surface area (Å²) in [5.41, 5.74) is 1.46. The van der Waals surface area contributed by atoms with E-state index in [2.05, 4.69) is 4.98 Å². The number of rotatable bonds is 2. The highest BCUT2D eigenvalue weighted by molar-refractivity contribution is 5.94. The average molecular weight is 319 g/mol. The van der Waals surface area contributed by atoms with Gasteiger partial charge in [0.1, 0.15) is 11.2 Å². The highest BCUT2D eigenvalue weighted by Gasteiger charge is 2.32. The summed E-state index contributed by atoms with van der Waals surface area (Å²) in [5.74, 6) is -0.239. The normalized spacial score (nSPS) is 17.3. The van der Waals surface area contributed by atoms with E-state index in [9.17, 15) is 9.59 Å². The molecule has 1 aromatic carbocycles. The lowest BCUT2D eigenvalue weighted by molar-refractivity contribution is 0.0733. The van der Waals surface area contributed by atoms with Gasteiger partial charge in [0, 0.05) is 18.9 Å². The Kier molecular flexibility index (Phi) is 3.61. The molecule has 0 radical (unpaired) electrons. The summed E-state index contributed by atoms with van der Waals surface area (Å²) >= 11 is 0. The van der Waals surface area contributed by atoms with Gasteiger partial charge in [-0.1, -0.05) is 36.4 Å². The van der Waals surface area contributed by atoms with Crippen molar-refractivity contribution in [2.45, 2.75) is 18.9 Å². The van der Waals surface area contributed by atoms with Gasteiger partial charge in [0.05, 0.1) is 6.04 Å². The maximum atomic E-state index is 13.0. The summed E-state index contributed by atoms with van der Waals surface area (Å²) in [6.07, 6.45) is 4.90. The highest BCUT2D eigenvalue weighted by atomic mass is 16.2. The Morgan fingerprint density at radius 2 is 1.88 bits per heavy atom. The topological polar surface area (TPSA) is 54.7 Å². The van der Waals surface area contributed by atoms with E-state index in [4.69, 9.17) is 0 Å². The van der Waals surface area contributed by atoms with Gasteiger partial charge in [-0.15, -0.1) is 0 Å². The van der Waals surface area contributed by atoms with Crippen molar-refractivity contribution < 1.29 is 4.79 Å². The van der Waals surface area contributed by atoms with E-state index in [0.29, 0.717) is 12.2 Å². The summed E-state index contributed by atoms with van der Waals surface area (Å²) in [6, 6.07) is 15.3. The van der Waals surface area contributed by atoms with Gasteiger partial charge in [0.2, 0.25) is 0 Å². The van der Waals surface area contributed by atoms with Crippen LogP contribution in [0.5, 0.6) is 0 Å². The minimum absolute atomic E-state index is 0.0228. The molecule has 1 amide bonds. The zero-order chi connectivity index (χ0) is 16.5. The quantitative estimate of drug-likeness (QED) is 0.730. The summed E-state index contributed by atoms with van der Waals surface area (Å²) in [6.45, 7) is 0.662. The van der Waals surface area contributed by atoms with Gasteiger partial charge >= 0.3 is 0 Å². The van der Waals surface area contributed by atoms with Crippen LogP contribution in [0.2, 0.25) is 0 Å². The first-order valence-corrected chi connectivity index (χ1v) is 8.08. The number of nitrogens with zero attached hydrogens (tertiary/aromatic N) is 3. The number of pyridine rings is 1. The third-order valence-corrected chi connectivity index (χ3v) is 4.54. The largest absolute Gasteiger partial charge is 0.331 e. The Hall–Kier alpha value is -2.95. The van der Waals surface area contributed by atoms with Crippen LogP contribution < -0.4 is 5.56 Å². The Labute approximate surface area is 139 Å². The first kappa shape index (κ1) is 14.6. The maximum Gasteiger partial charge on any atom is 0.270 e. The van der Waals surface area contributed by atoms with E-state index in [0.717, 1.165) is 18.4 Å². The Bertz CT molecular complexity index is 949. The van der Waals surface area contributed by atoms with Gasteiger partial charge < -0.3 is 4.90 Å². The van der Waals surface area contributed by atoms with E-state index in [-0.39, 0.29) is 23.1 Å². The van der Waals surface area contributed by atoms with Gasteiger partial charge in [-0.25, -0.2) is 4.98 Å². The summed E-state index contributed by atoms with van der Waals surface area (Å²) in [4.78, 5) is 31.7. The van der Waals surface area contributed by atoms with Crippen molar-refractivity contribution >= 4 is 11.6 Å². The molecule has 1 atom stereocenters. The van der Waals surface area contributed by atoms with Crippen LogP contribution in [0.15, 0.2) is 65.7 Å². The van der Waals surface area contributed by atoms with Gasteiger partial charge in [0.25, 0.3) is 11.5 Å². The van der Waals surface area contributed by atoms with Gasteiger partial charge in [0.15, 0.2) is 0 Å². The van der Waals surface area contributed by atoms with Crippen molar-refractivity contribution in [3.05, 3.63) is 82.4 Å². The van der Waals surface area contributed by atoms with Crippen LogP contribution >= 0.6 is 0 Å². The van der Waals surface area contributed by atoms with Crippen molar-refractivity contribution in [1.82, 2.24) is 14.3 Å². The second-order valence-corrected chi connectivity index (χ2v) is 5.97. The first-order chi connectivity index (χ1) is 11.8. The molecule has 0 N–H and O–H groups in total. The van der Waals surface area contributed by atoms with E-state index in [1.165, 1.54) is 10.6 Å². The smallest absolute Gasteiger partial charge is 0.270 e. The maximum absolute atomic E-state index is 13.0. The van der Waals surface area contributed by atoms with E-state index >= 15 is 0 Å². The van der Waals surface area contributed by atoms with Crippen LogP contribution in [0.25, 0.3) is 5.65 Å². The molecule has 1 saturated heterocycles. The Morgan fingerprint density at radius 3 is 2.71 bits per heavy atom. The van der Waals surface area contributed by atoms with Crippen molar-refractivity contribution in [2.24, 2.45) is 0 Å². The minimum Gasteiger partial charge on any atom is -0.331 e. The molecule has 3 heterocycles. The lowest BCUT2D eigenvalue weighted by Gasteiger charge is -2.25. The lowest BCUT2D eigenvalue weighted by Crippen LogP contribution is -2.35. The number of benzene rings is 1. The van der Waals surface area contributed by atoms with Gasteiger partial charge in [-0.2, -0.15) is 0 Å². The zero-order valence-electron chi connectivity index (χ0n) is 13.1. The number of amides is 1. The Morgan fingerprint density at radius 1 is 1.08 bits per heavy atom. The average Bonchev–Trinajstić information content (AvgIpc) is 3.12. The number of hydrogen-bond donors (Lipinski definition) is 0. The van der Waals surface area contributed by atoms with Crippen molar-refractivity contribution in [2.75, 3.05) is 6.54 Å². The molecule has 4 rings (SSSR count). The van der Waals surface area contributed by atoms with Gasteiger partial charge in [-0.05, 0) is 30.5 Å². The number of likely N-dealkylation sites (tertiary alicyclic amines) is 1. The van der Waals surface area contributed by atoms with Crippen LogP contribution in [0.1, 0.15) is 34.8 Å². The fraction of sp³-hybridized carbons (Fsp3) is 0.211. The van der Waals surface area contributed by atoms with Crippen LogP contribution in [0, 0.1) is 0 Å². The number of carbonyl (C=O) groups excluding carboxylic acids is 1. The van der Waals surface area contributed by atoms with Crippen molar-refractivity contribution in [1.29, 1.82) is 0 Å².